The summed E-state index contributed by atoms with van der Waals surface area (Å²) in [6.07, 6.45) is 3.38. The van der Waals surface area contributed by atoms with E-state index < -0.39 is 6.10 Å². The molecule has 1 N–H and O–H groups in total. The van der Waals surface area contributed by atoms with E-state index in [1.165, 1.54) is 0 Å². The van der Waals surface area contributed by atoms with Crippen LogP contribution in [0.5, 0.6) is 0 Å². The summed E-state index contributed by atoms with van der Waals surface area (Å²) < 4.78 is 5.17. The molecule has 1 aliphatic heterocycles. The molecular weight excluding hydrogens is 278 g/mol. The van der Waals surface area contributed by atoms with Crippen molar-refractivity contribution in [3.05, 3.63) is 47.6 Å². The largest absolute Gasteiger partial charge is 0.388 e. The Kier molecular flexibility index (Phi) is 4.85. The minimum absolute atomic E-state index is 0.374. The summed E-state index contributed by atoms with van der Waals surface area (Å²) in [4.78, 5) is 6.74. The molecule has 0 spiro atoms. The van der Waals surface area contributed by atoms with Gasteiger partial charge in [-0.1, -0.05) is 42.4 Å². The van der Waals surface area contributed by atoms with Crippen molar-refractivity contribution in [1.82, 2.24) is 15.0 Å². The fraction of sp³-hybridized carbons (Fsp3) is 0.529. The van der Waals surface area contributed by atoms with Gasteiger partial charge in [0.1, 0.15) is 0 Å². The van der Waals surface area contributed by atoms with Crippen LogP contribution in [0.4, 0.5) is 0 Å². The van der Waals surface area contributed by atoms with Crippen LogP contribution in [0, 0.1) is 0 Å². The van der Waals surface area contributed by atoms with E-state index in [0.29, 0.717) is 18.5 Å². The van der Waals surface area contributed by atoms with Crippen molar-refractivity contribution in [2.24, 2.45) is 0 Å². The third-order valence-electron chi connectivity index (χ3n) is 4.34. The summed E-state index contributed by atoms with van der Waals surface area (Å²) in [5, 5.41) is 14.5. The maximum absolute atomic E-state index is 10.4. The Bertz CT molecular complexity index is 585. The first-order valence-corrected chi connectivity index (χ1v) is 8.04. The molecule has 1 fully saturated rings. The van der Waals surface area contributed by atoms with Crippen LogP contribution in [0.25, 0.3) is 0 Å². The van der Waals surface area contributed by atoms with Crippen LogP contribution in [0.3, 0.4) is 0 Å². The Labute approximate surface area is 131 Å². The summed E-state index contributed by atoms with van der Waals surface area (Å²) >= 11 is 0. The van der Waals surface area contributed by atoms with E-state index in [1.54, 1.807) is 0 Å². The van der Waals surface area contributed by atoms with E-state index >= 15 is 0 Å². The van der Waals surface area contributed by atoms with Crippen LogP contribution in [-0.4, -0.2) is 32.7 Å². The molecule has 3 rings (SSSR count). The molecule has 5 nitrogen and oxygen atoms in total. The zero-order chi connectivity index (χ0) is 15.4. The van der Waals surface area contributed by atoms with Gasteiger partial charge in [-0.25, -0.2) is 0 Å². The second-order valence-electron chi connectivity index (χ2n) is 5.89. The molecule has 0 radical (unpaired) electrons. The molecule has 0 aliphatic carbocycles. The van der Waals surface area contributed by atoms with Gasteiger partial charge in [0.2, 0.25) is 5.89 Å². The summed E-state index contributed by atoms with van der Waals surface area (Å²) in [6, 6.07) is 10.2. The van der Waals surface area contributed by atoms with Crippen molar-refractivity contribution < 1.29 is 9.63 Å². The summed E-state index contributed by atoms with van der Waals surface area (Å²) in [7, 11) is 0. The number of likely N-dealkylation sites (tertiary alicyclic amines) is 1. The smallest absolute Gasteiger partial charge is 0.226 e. The predicted molar refractivity (Wildman–Crippen MR) is 83.1 cm³/mol. The molecule has 5 heteroatoms. The molecule has 1 aromatic heterocycles. The number of aryl methyl sites for hydroxylation is 1. The third-order valence-corrected chi connectivity index (χ3v) is 4.34. The average molecular weight is 301 g/mol. The van der Waals surface area contributed by atoms with Gasteiger partial charge in [0.05, 0.1) is 12.6 Å². The average Bonchev–Trinajstić information content (AvgIpc) is 3.18. The van der Waals surface area contributed by atoms with Crippen LogP contribution in [-0.2, 0) is 13.0 Å². The van der Waals surface area contributed by atoms with Gasteiger partial charge in [-0.05, 0) is 31.4 Å². The van der Waals surface area contributed by atoms with Gasteiger partial charge in [0.15, 0.2) is 5.82 Å². The first kappa shape index (κ1) is 15.2. The van der Waals surface area contributed by atoms with E-state index in [9.17, 15) is 5.11 Å². The molecular formula is C17H23N3O2. The van der Waals surface area contributed by atoms with E-state index in [4.69, 9.17) is 4.52 Å². The molecule has 22 heavy (non-hydrogen) atoms. The SMILES string of the molecule is CCc1nc(CN2CCC[C@H]2C[C@@H](O)c2ccccc2)no1. The predicted octanol–water partition coefficient (Wildman–Crippen LogP) is 2.72. The first-order valence-electron chi connectivity index (χ1n) is 8.04. The minimum Gasteiger partial charge on any atom is -0.388 e. The molecule has 1 aromatic carbocycles. The molecule has 1 saturated heterocycles. The number of hydrogen-bond donors (Lipinski definition) is 1. The van der Waals surface area contributed by atoms with Crippen molar-refractivity contribution >= 4 is 0 Å². The van der Waals surface area contributed by atoms with E-state index in [1.807, 2.05) is 37.3 Å². The van der Waals surface area contributed by atoms with Crippen LogP contribution >= 0.6 is 0 Å². The highest BCUT2D eigenvalue weighted by atomic mass is 16.5. The maximum Gasteiger partial charge on any atom is 0.226 e. The van der Waals surface area contributed by atoms with Gasteiger partial charge in [0.25, 0.3) is 0 Å². The van der Waals surface area contributed by atoms with Crippen molar-refractivity contribution in [2.75, 3.05) is 6.54 Å². The highest BCUT2D eigenvalue weighted by Gasteiger charge is 2.28. The second kappa shape index (κ2) is 7.03. The van der Waals surface area contributed by atoms with Crippen LogP contribution in [0.2, 0.25) is 0 Å². The van der Waals surface area contributed by atoms with Crippen molar-refractivity contribution in [3.8, 4) is 0 Å². The van der Waals surface area contributed by atoms with Crippen molar-refractivity contribution in [3.63, 3.8) is 0 Å². The Balaban J connectivity index is 1.60. The van der Waals surface area contributed by atoms with Gasteiger partial charge < -0.3 is 9.63 Å². The molecule has 2 heterocycles. The lowest BCUT2D eigenvalue weighted by Crippen LogP contribution is -2.30. The molecule has 0 unspecified atom stereocenters. The molecule has 0 bridgehead atoms. The van der Waals surface area contributed by atoms with Crippen LogP contribution < -0.4 is 0 Å². The van der Waals surface area contributed by atoms with Gasteiger partial charge in [0, 0.05) is 12.5 Å². The number of rotatable bonds is 6. The first-order chi connectivity index (χ1) is 10.8. The van der Waals surface area contributed by atoms with Gasteiger partial charge >= 0.3 is 0 Å². The Morgan fingerprint density at radius 3 is 2.91 bits per heavy atom. The third kappa shape index (κ3) is 3.54. The summed E-state index contributed by atoms with van der Waals surface area (Å²) in [5.74, 6) is 1.44. The van der Waals surface area contributed by atoms with Crippen LogP contribution in [0.15, 0.2) is 34.9 Å². The van der Waals surface area contributed by atoms with Gasteiger partial charge in [-0.3, -0.25) is 4.90 Å². The Morgan fingerprint density at radius 2 is 2.18 bits per heavy atom. The highest BCUT2D eigenvalue weighted by molar-refractivity contribution is 5.17. The lowest BCUT2D eigenvalue weighted by atomic mass is 10.0. The molecule has 1 aliphatic rings. The van der Waals surface area contributed by atoms with E-state index in [-0.39, 0.29) is 0 Å². The summed E-state index contributed by atoms with van der Waals surface area (Å²) in [6.45, 7) is 3.74. The number of aliphatic hydroxyl groups is 1. The normalized spacial score (nSPS) is 20.4. The number of aliphatic hydroxyl groups excluding tert-OH is 1. The monoisotopic (exact) mass is 301 g/mol. The lowest BCUT2D eigenvalue weighted by molar-refractivity contribution is 0.116. The Morgan fingerprint density at radius 1 is 1.36 bits per heavy atom. The fourth-order valence-electron chi connectivity index (χ4n) is 3.12. The fourth-order valence-corrected chi connectivity index (χ4v) is 3.12. The molecule has 0 amide bonds. The van der Waals surface area contributed by atoms with Gasteiger partial charge in [-0.2, -0.15) is 4.98 Å². The second-order valence-corrected chi connectivity index (χ2v) is 5.89. The van der Waals surface area contributed by atoms with E-state index in [2.05, 4.69) is 15.0 Å². The van der Waals surface area contributed by atoms with Crippen molar-refractivity contribution in [1.29, 1.82) is 0 Å². The molecule has 0 saturated carbocycles. The quantitative estimate of drug-likeness (QED) is 0.889. The highest BCUT2D eigenvalue weighted by Crippen LogP contribution is 2.28. The Hall–Kier alpha value is -1.72. The van der Waals surface area contributed by atoms with Crippen LogP contribution in [0.1, 0.15) is 49.6 Å². The van der Waals surface area contributed by atoms with E-state index in [0.717, 1.165) is 43.6 Å². The van der Waals surface area contributed by atoms with Gasteiger partial charge in [-0.15, -0.1) is 0 Å². The number of hydrogen-bond acceptors (Lipinski definition) is 5. The number of aromatic nitrogens is 2. The molecule has 118 valence electrons. The minimum atomic E-state index is -0.414. The molecule has 2 aromatic rings. The topological polar surface area (TPSA) is 62.4 Å². The van der Waals surface area contributed by atoms with Crippen molar-refractivity contribution in [2.45, 2.75) is 51.3 Å². The lowest BCUT2D eigenvalue weighted by Gasteiger charge is -2.25. The number of nitrogens with zero attached hydrogens (tertiary/aromatic N) is 3. The number of benzene rings is 1. The summed E-state index contributed by atoms with van der Waals surface area (Å²) in [5.41, 5.74) is 0.988. The zero-order valence-electron chi connectivity index (χ0n) is 13.0. The standard InChI is InChI=1S/C17H23N3O2/c1-2-17-18-16(19-22-17)12-20-10-6-9-14(20)11-15(21)13-7-4-3-5-8-13/h3-5,7-8,14-15,21H,2,6,9-12H2,1H3/t14-,15+/m0/s1. The maximum atomic E-state index is 10.4. The molecule has 2 atom stereocenters. The zero-order valence-corrected chi connectivity index (χ0v) is 13.0.